The van der Waals surface area contributed by atoms with Gasteiger partial charge in [0.25, 0.3) is 5.91 Å². The summed E-state index contributed by atoms with van der Waals surface area (Å²) in [5, 5.41) is 0. The number of carbonyl (C=O) groups excluding carboxylic acids is 1. The third kappa shape index (κ3) is 3.06. The number of fused-ring (bicyclic) bond motifs is 2. The van der Waals surface area contributed by atoms with E-state index in [4.69, 9.17) is 14.2 Å². The molecule has 7 heteroatoms. The normalized spacial score (nSPS) is 14.6. The Morgan fingerprint density at radius 2 is 2.00 bits per heavy atom. The van der Waals surface area contributed by atoms with Crippen molar-refractivity contribution in [1.29, 1.82) is 0 Å². The molecule has 0 aliphatic carbocycles. The summed E-state index contributed by atoms with van der Waals surface area (Å²) in [6, 6.07) is 13.1. The van der Waals surface area contributed by atoms with Crippen molar-refractivity contribution in [1.82, 2.24) is 4.57 Å². The summed E-state index contributed by atoms with van der Waals surface area (Å²) in [7, 11) is 0. The molecule has 2 aromatic carbocycles. The summed E-state index contributed by atoms with van der Waals surface area (Å²) in [4.78, 5) is 17.5. The second-order valence-corrected chi connectivity index (χ2v) is 6.83. The quantitative estimate of drug-likeness (QED) is 0.707. The first kappa shape index (κ1) is 16.7. The smallest absolute Gasteiger partial charge is 0.289 e. The zero-order valence-corrected chi connectivity index (χ0v) is 15.3. The topological polar surface area (TPSA) is 62.1 Å². The Bertz CT molecular complexity index is 1020. The first-order valence-corrected chi connectivity index (χ1v) is 9.20. The summed E-state index contributed by atoms with van der Waals surface area (Å²) >= 11 is 1.45. The predicted octanol–water partition coefficient (Wildman–Crippen LogP) is 3.35. The Morgan fingerprint density at radius 1 is 1.27 bits per heavy atom. The number of benzene rings is 2. The van der Waals surface area contributed by atoms with Gasteiger partial charge in [0.15, 0.2) is 22.4 Å². The van der Waals surface area contributed by atoms with Gasteiger partial charge in [-0.05, 0) is 26.0 Å². The lowest BCUT2D eigenvalue weighted by atomic mass is 10.3. The summed E-state index contributed by atoms with van der Waals surface area (Å²) in [6.45, 7) is 4.66. The molecule has 0 N–H and O–H groups in total. The van der Waals surface area contributed by atoms with Gasteiger partial charge in [-0.1, -0.05) is 29.5 Å². The zero-order valence-electron chi connectivity index (χ0n) is 14.5. The fourth-order valence-electron chi connectivity index (χ4n) is 2.79. The van der Waals surface area contributed by atoms with Crippen molar-refractivity contribution >= 4 is 27.5 Å². The Labute approximate surface area is 154 Å². The van der Waals surface area contributed by atoms with Gasteiger partial charge >= 0.3 is 0 Å². The van der Waals surface area contributed by atoms with Crippen LogP contribution in [-0.4, -0.2) is 23.4 Å². The number of thiazole rings is 1. The molecule has 3 aromatic rings. The largest absolute Gasteiger partial charge is 0.481 e. The number of nitrogens with zero attached hydrogens (tertiary/aromatic N) is 2. The van der Waals surface area contributed by atoms with Crippen molar-refractivity contribution in [2.45, 2.75) is 26.5 Å². The first-order chi connectivity index (χ1) is 12.7. The molecule has 134 valence electrons. The van der Waals surface area contributed by atoms with Crippen LogP contribution in [0, 0.1) is 0 Å². The number of rotatable bonds is 4. The number of para-hydroxylation sites is 1. The van der Waals surface area contributed by atoms with Crippen molar-refractivity contribution in [3.8, 4) is 17.2 Å². The Kier molecular flexibility index (Phi) is 4.38. The zero-order chi connectivity index (χ0) is 18.1. The molecule has 1 aliphatic heterocycles. The average molecular weight is 370 g/mol. The monoisotopic (exact) mass is 370 g/mol. The van der Waals surface area contributed by atoms with Crippen LogP contribution in [-0.2, 0) is 11.3 Å². The van der Waals surface area contributed by atoms with E-state index in [0.29, 0.717) is 17.1 Å². The number of hydrogen-bond acceptors (Lipinski definition) is 5. The average Bonchev–Trinajstić information content (AvgIpc) is 3.23. The second-order valence-electron chi connectivity index (χ2n) is 5.83. The molecule has 1 unspecified atom stereocenters. The molecule has 0 saturated heterocycles. The molecule has 0 fully saturated rings. The lowest BCUT2D eigenvalue weighted by Crippen LogP contribution is -2.25. The van der Waals surface area contributed by atoms with E-state index in [1.807, 2.05) is 54.0 Å². The van der Waals surface area contributed by atoms with E-state index in [0.717, 1.165) is 21.7 Å². The van der Waals surface area contributed by atoms with E-state index >= 15 is 0 Å². The third-order valence-electron chi connectivity index (χ3n) is 4.10. The van der Waals surface area contributed by atoms with Crippen molar-refractivity contribution < 1.29 is 19.0 Å². The molecule has 1 aromatic heterocycles. The molecule has 2 heterocycles. The highest BCUT2D eigenvalue weighted by Crippen LogP contribution is 2.36. The van der Waals surface area contributed by atoms with Crippen molar-refractivity contribution in [2.75, 3.05) is 6.79 Å². The third-order valence-corrected chi connectivity index (χ3v) is 5.14. The second kappa shape index (κ2) is 6.84. The number of ether oxygens (including phenoxy) is 3. The van der Waals surface area contributed by atoms with Crippen LogP contribution >= 0.6 is 11.3 Å². The summed E-state index contributed by atoms with van der Waals surface area (Å²) in [5.74, 6) is 1.77. The maximum Gasteiger partial charge on any atom is 0.289 e. The van der Waals surface area contributed by atoms with Gasteiger partial charge in [-0.3, -0.25) is 4.79 Å². The van der Waals surface area contributed by atoms with E-state index in [-0.39, 0.29) is 12.7 Å². The minimum atomic E-state index is -0.662. The summed E-state index contributed by atoms with van der Waals surface area (Å²) in [5.41, 5.74) is 0.977. The van der Waals surface area contributed by atoms with Gasteiger partial charge in [-0.25, -0.2) is 0 Å². The summed E-state index contributed by atoms with van der Waals surface area (Å²) < 4.78 is 19.6. The number of aromatic nitrogens is 1. The minimum Gasteiger partial charge on any atom is -0.481 e. The maximum atomic E-state index is 12.5. The number of carbonyl (C=O) groups is 1. The van der Waals surface area contributed by atoms with E-state index in [2.05, 4.69) is 4.99 Å². The highest BCUT2D eigenvalue weighted by molar-refractivity contribution is 7.16. The van der Waals surface area contributed by atoms with E-state index in [1.165, 1.54) is 11.3 Å². The Hall–Kier alpha value is -2.80. The van der Waals surface area contributed by atoms with Gasteiger partial charge in [0.05, 0.1) is 10.2 Å². The Morgan fingerprint density at radius 3 is 2.73 bits per heavy atom. The molecule has 1 aliphatic rings. The molecular formula is C19H18N2O4S. The number of hydrogen-bond donors (Lipinski definition) is 0. The highest BCUT2D eigenvalue weighted by Gasteiger charge is 2.19. The van der Waals surface area contributed by atoms with E-state index in [9.17, 15) is 4.79 Å². The molecule has 0 saturated carbocycles. The van der Waals surface area contributed by atoms with Crippen LogP contribution in [0.15, 0.2) is 47.5 Å². The van der Waals surface area contributed by atoms with Crippen LogP contribution in [0.1, 0.15) is 13.8 Å². The fourth-order valence-corrected chi connectivity index (χ4v) is 3.90. The van der Waals surface area contributed by atoms with Crippen LogP contribution < -0.4 is 19.0 Å². The van der Waals surface area contributed by atoms with Gasteiger partial charge in [0.2, 0.25) is 6.79 Å². The molecule has 0 radical (unpaired) electrons. The lowest BCUT2D eigenvalue weighted by molar-refractivity contribution is -0.124. The highest BCUT2D eigenvalue weighted by atomic mass is 32.1. The first-order valence-electron chi connectivity index (χ1n) is 8.39. The predicted molar refractivity (Wildman–Crippen MR) is 98.7 cm³/mol. The van der Waals surface area contributed by atoms with Gasteiger partial charge in [-0.15, -0.1) is 0 Å². The van der Waals surface area contributed by atoms with Crippen LogP contribution in [0.25, 0.3) is 10.2 Å². The van der Waals surface area contributed by atoms with Crippen LogP contribution in [0.5, 0.6) is 17.2 Å². The van der Waals surface area contributed by atoms with Gasteiger partial charge in [-0.2, -0.15) is 4.99 Å². The van der Waals surface area contributed by atoms with Crippen molar-refractivity contribution in [3.63, 3.8) is 0 Å². The molecule has 1 atom stereocenters. The number of aryl methyl sites for hydroxylation is 1. The van der Waals surface area contributed by atoms with Crippen LogP contribution in [0.3, 0.4) is 0 Å². The van der Waals surface area contributed by atoms with Gasteiger partial charge in [0, 0.05) is 18.7 Å². The van der Waals surface area contributed by atoms with Gasteiger partial charge in [0.1, 0.15) is 5.75 Å². The molecule has 0 spiro atoms. The fraction of sp³-hybridized carbons (Fsp3) is 0.263. The van der Waals surface area contributed by atoms with E-state index < -0.39 is 6.10 Å². The molecular weight excluding hydrogens is 352 g/mol. The minimum absolute atomic E-state index is 0.239. The molecule has 0 bridgehead atoms. The Balaban J connectivity index is 1.67. The molecule has 4 rings (SSSR count). The lowest BCUT2D eigenvalue weighted by Gasteiger charge is -2.10. The maximum absolute atomic E-state index is 12.5. The van der Waals surface area contributed by atoms with Crippen molar-refractivity contribution in [3.05, 3.63) is 47.3 Å². The molecule has 6 nitrogen and oxygen atoms in total. The SMILES string of the molecule is CCn1c(=NC(=O)C(C)Oc2ccccc2)sc2cc3c(cc21)OCO3. The molecule has 26 heavy (non-hydrogen) atoms. The van der Waals surface area contributed by atoms with Gasteiger partial charge < -0.3 is 18.8 Å². The summed E-state index contributed by atoms with van der Waals surface area (Å²) in [6.07, 6.45) is -0.662. The number of amides is 1. The standard InChI is InChI=1S/C19H18N2O4S/c1-3-21-14-9-15-16(24-11-23-15)10-17(14)26-19(21)20-18(22)12(2)25-13-7-5-4-6-8-13/h4-10,12H,3,11H2,1-2H3. The van der Waals surface area contributed by atoms with Crippen LogP contribution in [0.4, 0.5) is 0 Å². The van der Waals surface area contributed by atoms with E-state index in [1.54, 1.807) is 6.92 Å². The molecule has 1 amide bonds. The van der Waals surface area contributed by atoms with Crippen molar-refractivity contribution in [2.24, 2.45) is 4.99 Å². The van der Waals surface area contributed by atoms with Crippen LogP contribution in [0.2, 0.25) is 0 Å².